The quantitative estimate of drug-likeness (QED) is 0.159. The third-order valence-corrected chi connectivity index (χ3v) is 13.2. The van der Waals surface area contributed by atoms with Crippen LogP contribution in [-0.4, -0.2) is 108 Å². The highest BCUT2D eigenvalue weighted by molar-refractivity contribution is 5.32. The van der Waals surface area contributed by atoms with Gasteiger partial charge in [0.2, 0.25) is 0 Å². The summed E-state index contributed by atoms with van der Waals surface area (Å²) in [5, 5.41) is 7.74. The van der Waals surface area contributed by atoms with Gasteiger partial charge in [-0.1, -0.05) is 54.6 Å². The lowest BCUT2D eigenvalue weighted by Gasteiger charge is -2.48. The zero-order valence-corrected chi connectivity index (χ0v) is 33.5. The number of rotatable bonds is 12. The van der Waals surface area contributed by atoms with Crippen LogP contribution in [0.4, 0.5) is 13.2 Å². The standard InChI is InChI=1S/C46H59F3N8/c1-54(25-21-37-31-56(26-24-50-37)28-34-15-17-36(18-16-34)46(47,48)49)42-20-19-39(40-13-8-23-52-45(40)42)43-27-53-38(32-57(43)29-33-9-4-3-5-10-33)30-55(2)41-14-6-11-35-12-7-22-51-44(35)41/h3-5,7-10,12-13,15-18,22-23,37-39,41-43,50,53H,6,11,14,19-21,24-32H2,1-2H3/t37-,38+,39?,41-,42-,43?/m0/s1. The molecule has 2 aliphatic heterocycles. The Bertz CT molecular complexity index is 1890. The van der Waals surface area contributed by atoms with Gasteiger partial charge in [0.05, 0.1) is 29.0 Å². The van der Waals surface area contributed by atoms with E-state index in [1.807, 2.05) is 12.4 Å². The minimum absolute atomic E-state index is 0.261. The third kappa shape index (κ3) is 9.61. The van der Waals surface area contributed by atoms with Crippen molar-refractivity contribution in [3.05, 3.63) is 130 Å². The first-order valence-corrected chi connectivity index (χ1v) is 21.1. The van der Waals surface area contributed by atoms with Crippen molar-refractivity contribution >= 4 is 0 Å². The predicted molar refractivity (Wildman–Crippen MR) is 220 cm³/mol. The molecule has 0 bridgehead atoms. The third-order valence-electron chi connectivity index (χ3n) is 13.2. The molecule has 2 unspecified atom stereocenters. The maximum atomic E-state index is 13.1. The van der Waals surface area contributed by atoms with E-state index in [-0.39, 0.29) is 6.04 Å². The second-order valence-electron chi connectivity index (χ2n) is 17.0. The molecular formula is C46H59F3N8. The molecule has 0 amide bonds. The van der Waals surface area contributed by atoms with Crippen molar-refractivity contribution in [1.29, 1.82) is 0 Å². The van der Waals surface area contributed by atoms with E-state index in [0.29, 0.717) is 36.6 Å². The molecule has 57 heavy (non-hydrogen) atoms. The highest BCUT2D eigenvalue weighted by Crippen LogP contribution is 2.43. The first-order chi connectivity index (χ1) is 27.7. The van der Waals surface area contributed by atoms with E-state index >= 15 is 0 Å². The predicted octanol–water partition coefficient (Wildman–Crippen LogP) is 7.06. The molecular weight excluding hydrogens is 722 g/mol. The number of aromatic nitrogens is 2. The Balaban J connectivity index is 0.910. The SMILES string of the molecule is CN(C[C@@H]1CN(Cc2ccccc2)C(C2CC[C@H](N(C)CC[C@H]3CN(Cc4ccc(C(F)(F)F)cc4)CCN3)c3ncccc32)CN1)[C@H]1CCCc2cccnc21. The average Bonchev–Trinajstić information content (AvgIpc) is 3.23. The van der Waals surface area contributed by atoms with Crippen LogP contribution in [0, 0.1) is 0 Å². The number of pyridine rings is 2. The van der Waals surface area contributed by atoms with Gasteiger partial charge in [-0.3, -0.25) is 29.6 Å². The van der Waals surface area contributed by atoms with E-state index in [4.69, 9.17) is 9.97 Å². The van der Waals surface area contributed by atoms with Gasteiger partial charge in [0, 0.05) is 95.3 Å². The number of alkyl halides is 3. The molecule has 11 heteroatoms. The number of hydrogen-bond acceptors (Lipinski definition) is 8. The lowest BCUT2D eigenvalue weighted by atomic mass is 9.77. The van der Waals surface area contributed by atoms with E-state index in [9.17, 15) is 13.2 Å². The molecule has 8 rings (SSSR count). The Morgan fingerprint density at radius 3 is 2.32 bits per heavy atom. The summed E-state index contributed by atoms with van der Waals surface area (Å²) in [6.07, 6.45) is 6.29. The second kappa shape index (κ2) is 18.1. The summed E-state index contributed by atoms with van der Waals surface area (Å²) in [6.45, 7) is 8.10. The number of aryl methyl sites for hydroxylation is 1. The monoisotopic (exact) mass is 780 g/mol. The summed E-state index contributed by atoms with van der Waals surface area (Å²) >= 11 is 0. The second-order valence-corrected chi connectivity index (χ2v) is 17.0. The Hall–Kier alpha value is -3.71. The molecule has 4 aromatic rings. The first-order valence-electron chi connectivity index (χ1n) is 21.1. The number of benzene rings is 2. The number of nitrogens with zero attached hydrogens (tertiary/aromatic N) is 6. The van der Waals surface area contributed by atoms with E-state index in [1.165, 1.54) is 46.6 Å². The maximum absolute atomic E-state index is 13.1. The number of nitrogens with one attached hydrogen (secondary N) is 2. The van der Waals surface area contributed by atoms with Gasteiger partial charge in [0.25, 0.3) is 0 Å². The summed E-state index contributed by atoms with van der Waals surface area (Å²) in [6, 6.07) is 27.0. The summed E-state index contributed by atoms with van der Waals surface area (Å²) in [7, 11) is 4.53. The summed E-state index contributed by atoms with van der Waals surface area (Å²) in [5.41, 5.74) is 6.97. The minimum atomic E-state index is -4.31. The Labute approximate surface area is 336 Å². The van der Waals surface area contributed by atoms with Gasteiger partial charge in [0.15, 0.2) is 0 Å². The van der Waals surface area contributed by atoms with Crippen LogP contribution in [0.1, 0.15) is 89.3 Å². The van der Waals surface area contributed by atoms with Gasteiger partial charge in [-0.15, -0.1) is 0 Å². The summed E-state index contributed by atoms with van der Waals surface area (Å²) in [5.74, 6) is 0.390. The lowest BCUT2D eigenvalue weighted by Crippen LogP contribution is -2.60. The fourth-order valence-electron chi connectivity index (χ4n) is 10.2. The smallest absolute Gasteiger partial charge is 0.311 e. The molecule has 2 saturated heterocycles. The van der Waals surface area contributed by atoms with Crippen LogP contribution in [0.3, 0.4) is 0 Å². The van der Waals surface area contributed by atoms with Crippen LogP contribution < -0.4 is 10.6 Å². The van der Waals surface area contributed by atoms with E-state index in [2.05, 4.69) is 98.9 Å². The van der Waals surface area contributed by atoms with Crippen molar-refractivity contribution in [2.24, 2.45) is 0 Å². The van der Waals surface area contributed by atoms with Crippen molar-refractivity contribution in [3.8, 4) is 0 Å². The zero-order chi connectivity index (χ0) is 39.4. The Kier molecular flexibility index (Phi) is 12.7. The molecule has 0 saturated carbocycles. The molecule has 304 valence electrons. The van der Waals surface area contributed by atoms with Gasteiger partial charge in [-0.2, -0.15) is 13.2 Å². The van der Waals surface area contributed by atoms with E-state index in [0.717, 1.165) is 90.0 Å². The molecule has 0 radical (unpaired) electrons. The van der Waals surface area contributed by atoms with Crippen LogP contribution in [-0.2, 0) is 25.7 Å². The summed E-state index contributed by atoms with van der Waals surface area (Å²) in [4.78, 5) is 20.1. The first kappa shape index (κ1) is 40.1. The van der Waals surface area contributed by atoms with Crippen LogP contribution >= 0.6 is 0 Å². The van der Waals surface area contributed by atoms with Gasteiger partial charge in [-0.25, -0.2) is 0 Å². The topological polar surface area (TPSA) is 62.8 Å². The van der Waals surface area contributed by atoms with Crippen LogP contribution in [0.5, 0.6) is 0 Å². The lowest BCUT2D eigenvalue weighted by molar-refractivity contribution is -0.137. The van der Waals surface area contributed by atoms with E-state index < -0.39 is 11.7 Å². The highest BCUT2D eigenvalue weighted by Gasteiger charge is 2.40. The van der Waals surface area contributed by atoms with Crippen LogP contribution in [0.25, 0.3) is 0 Å². The molecule has 2 aromatic carbocycles. The molecule has 2 aliphatic carbocycles. The molecule has 8 nitrogen and oxygen atoms in total. The number of hydrogen-bond donors (Lipinski definition) is 2. The molecule has 2 N–H and O–H groups in total. The number of piperazine rings is 2. The molecule has 4 aliphatic rings. The Morgan fingerprint density at radius 1 is 0.754 bits per heavy atom. The highest BCUT2D eigenvalue weighted by atomic mass is 19.4. The number of halogens is 3. The van der Waals surface area contributed by atoms with Crippen LogP contribution in [0.2, 0.25) is 0 Å². The zero-order valence-electron chi connectivity index (χ0n) is 33.5. The van der Waals surface area contributed by atoms with Gasteiger partial charge in [-0.05, 0) is 99.1 Å². The molecule has 6 atom stereocenters. The van der Waals surface area contributed by atoms with Gasteiger partial charge < -0.3 is 10.6 Å². The molecule has 2 fully saturated rings. The van der Waals surface area contributed by atoms with Crippen molar-refractivity contribution in [1.82, 2.24) is 40.2 Å². The van der Waals surface area contributed by atoms with Crippen molar-refractivity contribution in [3.63, 3.8) is 0 Å². The largest absolute Gasteiger partial charge is 0.416 e. The molecule has 2 aromatic heterocycles. The minimum Gasteiger partial charge on any atom is -0.311 e. The van der Waals surface area contributed by atoms with Crippen molar-refractivity contribution in [2.75, 3.05) is 59.9 Å². The van der Waals surface area contributed by atoms with E-state index in [1.54, 1.807) is 12.1 Å². The summed E-state index contributed by atoms with van der Waals surface area (Å²) < 4.78 is 39.3. The normalized spacial score (nSPS) is 26.0. The molecule has 4 heterocycles. The van der Waals surface area contributed by atoms with Crippen molar-refractivity contribution < 1.29 is 13.2 Å². The number of likely N-dealkylation sites (N-methyl/N-ethyl adjacent to an activating group) is 1. The van der Waals surface area contributed by atoms with Crippen LogP contribution in [0.15, 0.2) is 91.3 Å². The van der Waals surface area contributed by atoms with Crippen molar-refractivity contribution in [2.45, 2.75) is 93.9 Å². The van der Waals surface area contributed by atoms with Gasteiger partial charge >= 0.3 is 6.18 Å². The Morgan fingerprint density at radius 2 is 1.51 bits per heavy atom. The average molecular weight is 781 g/mol. The fraction of sp³-hybridized carbons (Fsp3) is 0.522. The van der Waals surface area contributed by atoms with Gasteiger partial charge in [0.1, 0.15) is 0 Å². The maximum Gasteiger partial charge on any atom is 0.416 e. The fourth-order valence-corrected chi connectivity index (χ4v) is 10.2. The molecule has 0 spiro atoms. The number of fused-ring (bicyclic) bond motifs is 2.